The third-order valence-corrected chi connectivity index (χ3v) is 7.91. The molecule has 33 heavy (non-hydrogen) atoms. The average Bonchev–Trinajstić information content (AvgIpc) is 2.81. The first kappa shape index (κ1) is 25.5. The monoisotopic (exact) mass is 512 g/mol. The fourth-order valence-electron chi connectivity index (χ4n) is 3.68. The standard InChI is InChI=1S/C23H26Cl2N2O5S/c1-2-32-23(29)17-10-12-26(13-11-17)22(28)16-27(15-18-8-9-19(24)14-21(18)25)33(30,31)20-6-4-3-5-7-20/h3-9,14,17H,2,10-13,15-16H2,1H3. The van der Waals surface area contributed by atoms with Gasteiger partial charge < -0.3 is 9.64 Å². The van der Waals surface area contributed by atoms with Crippen molar-refractivity contribution >= 4 is 45.1 Å². The van der Waals surface area contributed by atoms with Crippen LogP contribution >= 0.6 is 23.2 Å². The number of nitrogens with zero attached hydrogens (tertiary/aromatic N) is 2. The molecule has 7 nitrogen and oxygen atoms in total. The fourth-order valence-corrected chi connectivity index (χ4v) is 5.54. The van der Waals surface area contributed by atoms with Crippen molar-refractivity contribution in [2.45, 2.75) is 31.2 Å². The predicted octanol–water partition coefficient (Wildman–Crippen LogP) is 3.99. The summed E-state index contributed by atoms with van der Waals surface area (Å²) < 4.78 is 32.9. The molecule has 1 fully saturated rings. The van der Waals surface area contributed by atoms with Gasteiger partial charge in [0.2, 0.25) is 15.9 Å². The zero-order valence-corrected chi connectivity index (χ0v) is 20.6. The molecule has 0 saturated carbocycles. The Bertz CT molecular complexity index is 1090. The number of carbonyl (C=O) groups excluding carboxylic acids is 2. The molecule has 1 heterocycles. The summed E-state index contributed by atoms with van der Waals surface area (Å²) in [5.74, 6) is -0.830. The Morgan fingerprint density at radius 3 is 2.36 bits per heavy atom. The number of hydrogen-bond donors (Lipinski definition) is 0. The summed E-state index contributed by atoms with van der Waals surface area (Å²) in [6, 6.07) is 12.8. The van der Waals surface area contributed by atoms with Gasteiger partial charge in [0, 0.05) is 29.7 Å². The number of benzene rings is 2. The lowest BCUT2D eigenvalue weighted by molar-refractivity contribution is -0.151. The van der Waals surface area contributed by atoms with Crippen LogP contribution in [-0.2, 0) is 30.9 Å². The highest BCUT2D eigenvalue weighted by Gasteiger charge is 2.32. The SMILES string of the molecule is CCOC(=O)C1CCN(C(=O)CN(Cc2ccc(Cl)cc2Cl)S(=O)(=O)c2ccccc2)CC1. The zero-order valence-electron chi connectivity index (χ0n) is 18.2. The molecule has 0 aliphatic carbocycles. The first-order valence-corrected chi connectivity index (χ1v) is 12.9. The van der Waals surface area contributed by atoms with Crippen molar-refractivity contribution in [3.8, 4) is 0 Å². The number of carbonyl (C=O) groups is 2. The summed E-state index contributed by atoms with van der Waals surface area (Å²) in [5.41, 5.74) is 0.536. The van der Waals surface area contributed by atoms with Crippen LogP contribution in [0.5, 0.6) is 0 Å². The summed E-state index contributed by atoms with van der Waals surface area (Å²) in [5, 5.41) is 0.750. The lowest BCUT2D eigenvalue weighted by Gasteiger charge is -2.32. The van der Waals surface area contributed by atoms with Crippen LogP contribution in [0.1, 0.15) is 25.3 Å². The summed E-state index contributed by atoms with van der Waals surface area (Å²) in [4.78, 5) is 26.7. The minimum Gasteiger partial charge on any atom is -0.466 e. The van der Waals surface area contributed by atoms with Crippen molar-refractivity contribution in [2.24, 2.45) is 5.92 Å². The normalized spacial score (nSPS) is 15.0. The summed E-state index contributed by atoms with van der Waals surface area (Å²) in [6.45, 7) is 2.37. The molecular weight excluding hydrogens is 487 g/mol. The molecule has 178 valence electrons. The molecule has 0 spiro atoms. The first-order valence-electron chi connectivity index (χ1n) is 10.7. The Labute approximate surface area is 204 Å². The van der Waals surface area contributed by atoms with Crippen LogP contribution in [0, 0.1) is 5.92 Å². The van der Waals surface area contributed by atoms with Gasteiger partial charge in [-0.2, -0.15) is 4.31 Å². The molecule has 1 aliphatic rings. The molecule has 0 atom stereocenters. The van der Waals surface area contributed by atoms with Crippen molar-refractivity contribution < 1.29 is 22.7 Å². The second-order valence-electron chi connectivity index (χ2n) is 7.73. The lowest BCUT2D eigenvalue weighted by atomic mass is 9.97. The van der Waals surface area contributed by atoms with Crippen LogP contribution in [0.4, 0.5) is 0 Å². The molecule has 3 rings (SSSR count). The Hall–Kier alpha value is -2.13. The van der Waals surface area contributed by atoms with Gasteiger partial charge in [-0.05, 0) is 49.6 Å². The number of amides is 1. The predicted molar refractivity (Wildman–Crippen MR) is 126 cm³/mol. The van der Waals surface area contributed by atoms with Gasteiger partial charge in [-0.25, -0.2) is 8.42 Å². The van der Waals surface area contributed by atoms with Crippen LogP contribution in [-0.4, -0.2) is 55.7 Å². The number of hydrogen-bond acceptors (Lipinski definition) is 5. The molecule has 1 saturated heterocycles. The first-order chi connectivity index (χ1) is 15.7. The van der Waals surface area contributed by atoms with E-state index >= 15 is 0 Å². The minimum absolute atomic E-state index is 0.0851. The van der Waals surface area contributed by atoms with E-state index in [-0.39, 0.29) is 35.8 Å². The number of halogens is 2. The molecule has 0 bridgehead atoms. The highest BCUT2D eigenvalue weighted by molar-refractivity contribution is 7.89. The highest BCUT2D eigenvalue weighted by Crippen LogP contribution is 2.26. The highest BCUT2D eigenvalue weighted by atomic mass is 35.5. The fraction of sp³-hybridized carbons (Fsp3) is 0.391. The number of rotatable bonds is 8. The maximum Gasteiger partial charge on any atom is 0.309 e. The average molecular weight is 513 g/mol. The van der Waals surface area contributed by atoms with E-state index in [1.807, 2.05) is 0 Å². The van der Waals surface area contributed by atoms with Gasteiger partial charge in [0.25, 0.3) is 0 Å². The van der Waals surface area contributed by atoms with Crippen molar-refractivity contribution in [2.75, 3.05) is 26.2 Å². The Morgan fingerprint density at radius 2 is 1.76 bits per heavy atom. The summed E-state index contributed by atoms with van der Waals surface area (Å²) in [7, 11) is -3.97. The largest absolute Gasteiger partial charge is 0.466 e. The van der Waals surface area contributed by atoms with E-state index in [1.165, 1.54) is 18.2 Å². The van der Waals surface area contributed by atoms with Crippen LogP contribution in [0.3, 0.4) is 0 Å². The van der Waals surface area contributed by atoms with Crippen molar-refractivity contribution in [3.05, 3.63) is 64.1 Å². The topological polar surface area (TPSA) is 84.0 Å². The van der Waals surface area contributed by atoms with Crippen molar-refractivity contribution in [1.29, 1.82) is 0 Å². The van der Waals surface area contributed by atoms with E-state index in [4.69, 9.17) is 27.9 Å². The molecule has 1 amide bonds. The second-order valence-corrected chi connectivity index (χ2v) is 10.5. The Balaban J connectivity index is 1.78. The van der Waals surface area contributed by atoms with E-state index in [0.29, 0.717) is 48.1 Å². The lowest BCUT2D eigenvalue weighted by Crippen LogP contribution is -2.46. The smallest absolute Gasteiger partial charge is 0.309 e. The van der Waals surface area contributed by atoms with Gasteiger partial charge in [0.15, 0.2) is 0 Å². The van der Waals surface area contributed by atoms with E-state index in [2.05, 4.69) is 0 Å². The number of piperidine rings is 1. The van der Waals surface area contributed by atoms with Gasteiger partial charge in [0.1, 0.15) is 0 Å². The van der Waals surface area contributed by atoms with E-state index in [1.54, 1.807) is 42.2 Å². The van der Waals surface area contributed by atoms with Gasteiger partial charge in [-0.15, -0.1) is 0 Å². The number of likely N-dealkylation sites (tertiary alicyclic amines) is 1. The van der Waals surface area contributed by atoms with Gasteiger partial charge in [-0.1, -0.05) is 47.5 Å². The van der Waals surface area contributed by atoms with Crippen LogP contribution in [0.25, 0.3) is 0 Å². The van der Waals surface area contributed by atoms with Crippen molar-refractivity contribution in [1.82, 2.24) is 9.21 Å². The minimum atomic E-state index is -3.97. The molecule has 0 unspecified atom stereocenters. The van der Waals surface area contributed by atoms with E-state index in [0.717, 1.165) is 4.31 Å². The van der Waals surface area contributed by atoms with Gasteiger partial charge >= 0.3 is 5.97 Å². The van der Waals surface area contributed by atoms with Gasteiger partial charge in [-0.3, -0.25) is 9.59 Å². The molecule has 10 heteroatoms. The Morgan fingerprint density at radius 1 is 1.09 bits per heavy atom. The van der Waals surface area contributed by atoms with Crippen LogP contribution in [0.2, 0.25) is 10.0 Å². The quantitative estimate of drug-likeness (QED) is 0.499. The molecule has 2 aromatic carbocycles. The molecular formula is C23H26Cl2N2O5S. The number of esters is 1. The molecule has 1 aliphatic heterocycles. The van der Waals surface area contributed by atoms with Gasteiger partial charge in [0.05, 0.1) is 24.0 Å². The van der Waals surface area contributed by atoms with Crippen LogP contribution in [0.15, 0.2) is 53.4 Å². The third-order valence-electron chi connectivity index (χ3n) is 5.52. The maximum atomic E-state index is 13.4. The maximum absolute atomic E-state index is 13.4. The summed E-state index contributed by atoms with van der Waals surface area (Å²) >= 11 is 12.3. The molecule has 2 aromatic rings. The van der Waals surface area contributed by atoms with E-state index < -0.39 is 10.0 Å². The Kier molecular flexibility index (Phi) is 8.75. The van der Waals surface area contributed by atoms with E-state index in [9.17, 15) is 18.0 Å². The molecule has 0 N–H and O–H groups in total. The number of ether oxygens (including phenoxy) is 1. The zero-order chi connectivity index (χ0) is 24.0. The van der Waals surface area contributed by atoms with Crippen molar-refractivity contribution in [3.63, 3.8) is 0 Å². The van der Waals surface area contributed by atoms with Crippen LogP contribution < -0.4 is 0 Å². The molecule has 0 radical (unpaired) electrons. The second kappa shape index (κ2) is 11.3. The third kappa shape index (κ3) is 6.47. The summed E-state index contributed by atoms with van der Waals surface area (Å²) in [6.07, 6.45) is 0.970. The molecule has 0 aromatic heterocycles. The number of sulfonamides is 1.